The van der Waals surface area contributed by atoms with Crippen LogP contribution in [0.5, 0.6) is 0 Å². The molecule has 3 aliphatic rings. The first kappa shape index (κ1) is 14.7. The van der Waals surface area contributed by atoms with Gasteiger partial charge in [-0.15, -0.1) is 0 Å². The Kier molecular flexibility index (Phi) is 3.60. The molecule has 5 heteroatoms. The standard InChI is InChI=1S/C18H22N2O3/c1-2-5-15-16(21)19-17(23-15)20-10-8-18(9-11-20)14-7-4-3-6-13(14)12-22-18/h3-4,6-7,15H,2,5,8-12H2,1H3. The average molecular weight is 314 g/mol. The summed E-state index contributed by atoms with van der Waals surface area (Å²) in [5, 5.41) is 0. The molecule has 1 aromatic rings. The third-order valence-electron chi connectivity index (χ3n) is 5.13. The molecule has 0 aromatic heterocycles. The number of amidine groups is 1. The van der Waals surface area contributed by atoms with Crippen molar-refractivity contribution in [3.05, 3.63) is 35.4 Å². The molecule has 5 nitrogen and oxygen atoms in total. The van der Waals surface area contributed by atoms with E-state index in [-0.39, 0.29) is 17.6 Å². The van der Waals surface area contributed by atoms with Gasteiger partial charge < -0.3 is 14.4 Å². The Hall–Kier alpha value is -1.88. The van der Waals surface area contributed by atoms with E-state index in [1.54, 1.807) is 0 Å². The summed E-state index contributed by atoms with van der Waals surface area (Å²) in [4.78, 5) is 18.1. The van der Waals surface area contributed by atoms with Gasteiger partial charge in [0.1, 0.15) is 0 Å². The zero-order chi connectivity index (χ0) is 15.9. The number of carbonyl (C=O) groups is 1. The predicted molar refractivity (Wildman–Crippen MR) is 85.9 cm³/mol. The van der Waals surface area contributed by atoms with Crippen molar-refractivity contribution < 1.29 is 14.3 Å². The van der Waals surface area contributed by atoms with E-state index in [0.717, 1.165) is 38.8 Å². The number of piperidine rings is 1. The normalized spacial score (nSPS) is 25.4. The fourth-order valence-corrected chi connectivity index (χ4v) is 3.82. The molecule has 1 atom stereocenters. The van der Waals surface area contributed by atoms with E-state index in [1.165, 1.54) is 11.1 Å². The number of rotatable bonds is 2. The summed E-state index contributed by atoms with van der Waals surface area (Å²) in [5.74, 6) is -0.135. The summed E-state index contributed by atoms with van der Waals surface area (Å²) in [7, 11) is 0. The Bertz CT molecular complexity index is 647. The van der Waals surface area contributed by atoms with E-state index in [2.05, 4.69) is 34.2 Å². The Morgan fingerprint density at radius 2 is 2.09 bits per heavy atom. The fourth-order valence-electron chi connectivity index (χ4n) is 3.82. The van der Waals surface area contributed by atoms with Crippen LogP contribution in [-0.2, 0) is 26.5 Å². The maximum atomic E-state index is 11.9. The van der Waals surface area contributed by atoms with Gasteiger partial charge in [0.05, 0.1) is 12.2 Å². The van der Waals surface area contributed by atoms with E-state index in [0.29, 0.717) is 12.6 Å². The quantitative estimate of drug-likeness (QED) is 0.842. The zero-order valence-corrected chi connectivity index (χ0v) is 13.5. The van der Waals surface area contributed by atoms with Gasteiger partial charge in [-0.25, -0.2) is 0 Å². The summed E-state index contributed by atoms with van der Waals surface area (Å²) >= 11 is 0. The second kappa shape index (κ2) is 5.64. The van der Waals surface area contributed by atoms with Crippen molar-refractivity contribution in [2.75, 3.05) is 13.1 Å². The number of carbonyl (C=O) groups excluding carboxylic acids is 1. The molecule has 0 bridgehead atoms. The lowest BCUT2D eigenvalue weighted by atomic mass is 9.84. The van der Waals surface area contributed by atoms with Crippen molar-refractivity contribution in [2.45, 2.75) is 50.9 Å². The molecular weight excluding hydrogens is 292 g/mol. The van der Waals surface area contributed by atoms with Gasteiger partial charge in [0.2, 0.25) is 0 Å². The third-order valence-corrected chi connectivity index (χ3v) is 5.13. The number of fused-ring (bicyclic) bond motifs is 2. The maximum absolute atomic E-state index is 11.9. The lowest BCUT2D eigenvalue weighted by Crippen LogP contribution is -2.45. The first-order valence-corrected chi connectivity index (χ1v) is 8.48. The highest BCUT2D eigenvalue weighted by atomic mass is 16.5. The van der Waals surface area contributed by atoms with Gasteiger partial charge in [-0.3, -0.25) is 4.79 Å². The minimum absolute atomic E-state index is 0.135. The van der Waals surface area contributed by atoms with E-state index in [4.69, 9.17) is 9.47 Å². The number of hydrogen-bond acceptors (Lipinski definition) is 4. The highest BCUT2D eigenvalue weighted by Gasteiger charge is 2.44. The molecule has 122 valence electrons. The molecule has 1 fully saturated rings. The smallest absolute Gasteiger partial charge is 0.296 e. The van der Waals surface area contributed by atoms with Crippen LogP contribution in [0.4, 0.5) is 0 Å². The largest absolute Gasteiger partial charge is 0.451 e. The summed E-state index contributed by atoms with van der Waals surface area (Å²) in [6.45, 7) is 4.36. The van der Waals surface area contributed by atoms with Crippen molar-refractivity contribution in [3.63, 3.8) is 0 Å². The Labute approximate surface area is 136 Å². The molecule has 1 saturated heterocycles. The Morgan fingerprint density at radius 1 is 1.30 bits per heavy atom. The van der Waals surface area contributed by atoms with Gasteiger partial charge in [0.25, 0.3) is 11.9 Å². The number of aliphatic imine (C=N–C) groups is 1. The van der Waals surface area contributed by atoms with Crippen molar-refractivity contribution in [3.8, 4) is 0 Å². The summed E-state index contributed by atoms with van der Waals surface area (Å²) in [5.41, 5.74) is 2.46. The zero-order valence-electron chi connectivity index (χ0n) is 13.5. The molecule has 0 aliphatic carbocycles. The SMILES string of the molecule is CCCC1OC(N2CCC3(CC2)OCc2ccccc23)=NC1=O. The summed E-state index contributed by atoms with van der Waals surface area (Å²) in [6, 6.07) is 8.99. The van der Waals surface area contributed by atoms with Gasteiger partial charge in [-0.05, 0) is 30.4 Å². The van der Waals surface area contributed by atoms with E-state index in [1.807, 2.05) is 6.92 Å². The van der Waals surface area contributed by atoms with Crippen molar-refractivity contribution in [1.82, 2.24) is 4.90 Å². The molecule has 4 rings (SSSR count). The molecule has 1 spiro atoms. The monoisotopic (exact) mass is 314 g/mol. The van der Waals surface area contributed by atoms with Crippen LogP contribution in [0.1, 0.15) is 43.7 Å². The average Bonchev–Trinajstić information content (AvgIpc) is 3.12. The minimum Gasteiger partial charge on any atom is -0.451 e. The third kappa shape index (κ3) is 2.43. The lowest BCUT2D eigenvalue weighted by molar-refractivity contribution is -0.123. The van der Waals surface area contributed by atoms with Crippen LogP contribution >= 0.6 is 0 Å². The minimum atomic E-state index is -0.380. The van der Waals surface area contributed by atoms with Crippen LogP contribution in [0, 0.1) is 0 Å². The van der Waals surface area contributed by atoms with E-state index >= 15 is 0 Å². The van der Waals surface area contributed by atoms with Crippen LogP contribution in [0.15, 0.2) is 29.3 Å². The number of ether oxygens (including phenoxy) is 2. The van der Waals surface area contributed by atoms with Crippen molar-refractivity contribution in [2.24, 2.45) is 4.99 Å². The summed E-state index contributed by atoms with van der Waals surface area (Å²) in [6.07, 6.45) is 3.08. The molecule has 0 radical (unpaired) electrons. The number of nitrogens with zero attached hydrogens (tertiary/aromatic N) is 2. The fraction of sp³-hybridized carbons (Fsp3) is 0.556. The lowest BCUT2D eigenvalue weighted by Gasteiger charge is -2.39. The van der Waals surface area contributed by atoms with Crippen molar-refractivity contribution in [1.29, 1.82) is 0 Å². The van der Waals surface area contributed by atoms with Crippen LogP contribution in [-0.4, -0.2) is 36.0 Å². The molecular formula is C18H22N2O3. The number of likely N-dealkylation sites (tertiary alicyclic amines) is 1. The van der Waals surface area contributed by atoms with Crippen LogP contribution < -0.4 is 0 Å². The highest BCUT2D eigenvalue weighted by molar-refractivity contribution is 5.98. The second-order valence-corrected chi connectivity index (χ2v) is 6.55. The topological polar surface area (TPSA) is 51.1 Å². The Balaban J connectivity index is 1.45. The molecule has 1 amide bonds. The molecule has 1 unspecified atom stereocenters. The van der Waals surface area contributed by atoms with Crippen molar-refractivity contribution >= 4 is 11.9 Å². The number of benzene rings is 1. The predicted octanol–water partition coefficient (Wildman–Crippen LogP) is 2.59. The molecule has 3 aliphatic heterocycles. The first-order valence-electron chi connectivity index (χ1n) is 8.48. The molecule has 3 heterocycles. The van der Waals surface area contributed by atoms with Gasteiger partial charge in [0.15, 0.2) is 6.10 Å². The van der Waals surface area contributed by atoms with Gasteiger partial charge in [-0.2, -0.15) is 4.99 Å². The molecule has 1 aromatic carbocycles. The number of hydrogen-bond donors (Lipinski definition) is 0. The van der Waals surface area contributed by atoms with Crippen LogP contribution in [0.3, 0.4) is 0 Å². The second-order valence-electron chi connectivity index (χ2n) is 6.55. The van der Waals surface area contributed by atoms with E-state index < -0.39 is 0 Å². The molecule has 23 heavy (non-hydrogen) atoms. The van der Waals surface area contributed by atoms with E-state index in [9.17, 15) is 4.79 Å². The molecule has 0 N–H and O–H groups in total. The Morgan fingerprint density at radius 3 is 2.87 bits per heavy atom. The number of amides is 1. The van der Waals surface area contributed by atoms with Crippen LogP contribution in [0.2, 0.25) is 0 Å². The van der Waals surface area contributed by atoms with Gasteiger partial charge >= 0.3 is 0 Å². The van der Waals surface area contributed by atoms with Gasteiger partial charge in [-0.1, -0.05) is 37.6 Å². The van der Waals surface area contributed by atoms with Crippen LogP contribution in [0.25, 0.3) is 0 Å². The van der Waals surface area contributed by atoms with Gasteiger partial charge in [0, 0.05) is 13.1 Å². The highest BCUT2D eigenvalue weighted by Crippen LogP contribution is 2.44. The maximum Gasteiger partial charge on any atom is 0.296 e. The molecule has 0 saturated carbocycles. The first-order chi connectivity index (χ1) is 11.2. The summed E-state index contributed by atoms with van der Waals surface area (Å²) < 4.78 is 11.9.